The Morgan fingerprint density at radius 2 is 1.93 bits per heavy atom. The predicted octanol–water partition coefficient (Wildman–Crippen LogP) is 2.62. The quantitative estimate of drug-likeness (QED) is 0.463. The van der Waals surface area contributed by atoms with Crippen molar-refractivity contribution in [2.24, 2.45) is 0 Å². The Morgan fingerprint density at radius 3 is 2.59 bits per heavy atom. The van der Waals surface area contributed by atoms with E-state index in [1.165, 1.54) is 5.56 Å². The van der Waals surface area contributed by atoms with Crippen LogP contribution < -0.4 is 10.6 Å². The molecule has 0 saturated carbocycles. The molecule has 0 unspecified atom stereocenters. The van der Waals surface area contributed by atoms with Crippen LogP contribution in [0.1, 0.15) is 37.3 Å². The van der Waals surface area contributed by atoms with Gasteiger partial charge in [-0.1, -0.05) is 44.2 Å². The molecule has 7 heteroatoms. The zero-order valence-electron chi connectivity index (χ0n) is 15.8. The standard InChI is InChI=1S/C20H27N5O2/c1-14(2)17-12-22-25-19(21-11-15-6-4-3-5-7-15)10-18(24-20(17)25)23-16(13-27)8-9-26/h3-7,10,12,14,16,21,26-27H,8-9,11,13H2,1-2H3,(H,23,24)/t16-/m1/s1. The van der Waals surface area contributed by atoms with E-state index >= 15 is 0 Å². The first-order valence-electron chi connectivity index (χ1n) is 9.27. The maximum atomic E-state index is 9.52. The molecular formula is C20H27N5O2. The van der Waals surface area contributed by atoms with Crippen molar-refractivity contribution in [3.8, 4) is 0 Å². The molecule has 4 N–H and O–H groups in total. The Morgan fingerprint density at radius 1 is 1.15 bits per heavy atom. The maximum absolute atomic E-state index is 9.52. The van der Waals surface area contributed by atoms with Gasteiger partial charge in [-0.25, -0.2) is 4.98 Å². The molecule has 1 aromatic carbocycles. The highest BCUT2D eigenvalue weighted by Gasteiger charge is 2.15. The molecule has 27 heavy (non-hydrogen) atoms. The van der Waals surface area contributed by atoms with E-state index < -0.39 is 0 Å². The van der Waals surface area contributed by atoms with Gasteiger partial charge in [-0.2, -0.15) is 9.61 Å². The predicted molar refractivity (Wildman–Crippen MR) is 107 cm³/mol. The Labute approximate surface area is 159 Å². The monoisotopic (exact) mass is 369 g/mol. The van der Waals surface area contributed by atoms with E-state index in [4.69, 9.17) is 10.1 Å². The van der Waals surface area contributed by atoms with Crippen molar-refractivity contribution in [3.05, 3.63) is 53.7 Å². The molecule has 0 spiro atoms. The lowest BCUT2D eigenvalue weighted by Gasteiger charge is -2.18. The van der Waals surface area contributed by atoms with E-state index in [9.17, 15) is 5.11 Å². The third-order valence-electron chi connectivity index (χ3n) is 4.49. The van der Waals surface area contributed by atoms with Crippen molar-refractivity contribution < 1.29 is 10.2 Å². The lowest BCUT2D eigenvalue weighted by atomic mass is 10.1. The summed E-state index contributed by atoms with van der Waals surface area (Å²) in [5.41, 5.74) is 3.01. The summed E-state index contributed by atoms with van der Waals surface area (Å²) in [6.07, 6.45) is 2.30. The van der Waals surface area contributed by atoms with Crippen molar-refractivity contribution in [2.75, 3.05) is 23.8 Å². The van der Waals surface area contributed by atoms with E-state index in [2.05, 4.69) is 41.7 Å². The summed E-state index contributed by atoms with van der Waals surface area (Å²) >= 11 is 0. The lowest BCUT2D eigenvalue weighted by molar-refractivity contribution is 0.228. The normalized spacial score (nSPS) is 12.5. The number of benzene rings is 1. The number of nitrogens with zero attached hydrogens (tertiary/aromatic N) is 3. The first-order valence-corrected chi connectivity index (χ1v) is 9.27. The van der Waals surface area contributed by atoms with E-state index in [1.54, 1.807) is 0 Å². The zero-order chi connectivity index (χ0) is 19.2. The first kappa shape index (κ1) is 19.1. The summed E-state index contributed by atoms with van der Waals surface area (Å²) in [4.78, 5) is 4.70. The fourth-order valence-corrected chi connectivity index (χ4v) is 2.95. The average molecular weight is 369 g/mol. The smallest absolute Gasteiger partial charge is 0.163 e. The molecule has 2 heterocycles. The minimum Gasteiger partial charge on any atom is -0.396 e. The van der Waals surface area contributed by atoms with E-state index in [-0.39, 0.29) is 19.3 Å². The van der Waals surface area contributed by atoms with Crippen molar-refractivity contribution in [1.29, 1.82) is 0 Å². The molecule has 0 saturated heterocycles. The van der Waals surface area contributed by atoms with Gasteiger partial charge in [-0.15, -0.1) is 0 Å². The minimum atomic E-state index is -0.252. The van der Waals surface area contributed by atoms with Gasteiger partial charge in [-0.3, -0.25) is 0 Å². The number of fused-ring (bicyclic) bond motifs is 1. The highest BCUT2D eigenvalue weighted by atomic mass is 16.3. The Kier molecular flexibility index (Phi) is 6.26. The Balaban J connectivity index is 1.94. The topological polar surface area (TPSA) is 94.7 Å². The van der Waals surface area contributed by atoms with Gasteiger partial charge >= 0.3 is 0 Å². The van der Waals surface area contributed by atoms with Crippen molar-refractivity contribution in [1.82, 2.24) is 14.6 Å². The first-order chi connectivity index (χ1) is 13.1. The van der Waals surface area contributed by atoms with Crippen LogP contribution in [0.2, 0.25) is 0 Å². The molecule has 0 amide bonds. The van der Waals surface area contributed by atoms with Gasteiger partial charge in [0.1, 0.15) is 11.6 Å². The van der Waals surface area contributed by atoms with Gasteiger partial charge in [-0.05, 0) is 17.9 Å². The third-order valence-corrected chi connectivity index (χ3v) is 4.49. The van der Waals surface area contributed by atoms with Crippen LogP contribution in [0.3, 0.4) is 0 Å². The number of aliphatic hydroxyl groups excluding tert-OH is 2. The molecule has 0 radical (unpaired) electrons. The molecule has 0 aliphatic carbocycles. The van der Waals surface area contributed by atoms with Crippen LogP contribution in [0, 0.1) is 0 Å². The number of anilines is 2. The molecule has 3 rings (SSSR count). The minimum absolute atomic E-state index is 0.00348. The van der Waals surface area contributed by atoms with Crippen molar-refractivity contribution in [3.63, 3.8) is 0 Å². The van der Waals surface area contributed by atoms with Crippen LogP contribution in [0.5, 0.6) is 0 Å². The van der Waals surface area contributed by atoms with Crippen LogP contribution >= 0.6 is 0 Å². The summed E-state index contributed by atoms with van der Waals surface area (Å²) in [5.74, 6) is 1.75. The molecule has 2 aromatic heterocycles. The van der Waals surface area contributed by atoms with Crippen LogP contribution in [-0.2, 0) is 6.54 Å². The van der Waals surface area contributed by atoms with Crippen LogP contribution in [0.15, 0.2) is 42.6 Å². The molecule has 0 aliphatic heterocycles. The molecule has 1 atom stereocenters. The highest BCUT2D eigenvalue weighted by Crippen LogP contribution is 2.24. The fourth-order valence-electron chi connectivity index (χ4n) is 2.95. The third kappa shape index (κ3) is 4.56. The number of hydrogen-bond donors (Lipinski definition) is 4. The van der Waals surface area contributed by atoms with E-state index in [0.717, 1.165) is 17.0 Å². The molecule has 0 aliphatic rings. The maximum Gasteiger partial charge on any atom is 0.163 e. The van der Waals surface area contributed by atoms with Gasteiger partial charge < -0.3 is 20.8 Å². The van der Waals surface area contributed by atoms with Crippen LogP contribution in [0.4, 0.5) is 11.6 Å². The van der Waals surface area contributed by atoms with Crippen molar-refractivity contribution >= 4 is 17.3 Å². The van der Waals surface area contributed by atoms with E-state index in [1.807, 2.05) is 35.0 Å². The van der Waals surface area contributed by atoms with Crippen LogP contribution in [-0.4, -0.2) is 44.1 Å². The SMILES string of the molecule is CC(C)c1cnn2c(NCc3ccccc3)cc(N[C@@H](CO)CCO)nc12. The van der Waals surface area contributed by atoms with Gasteiger partial charge in [0.05, 0.1) is 18.8 Å². The summed E-state index contributed by atoms with van der Waals surface area (Å²) in [5, 5.41) is 29.8. The Hall–Kier alpha value is -2.64. The van der Waals surface area contributed by atoms with E-state index in [0.29, 0.717) is 24.7 Å². The van der Waals surface area contributed by atoms with Gasteiger partial charge in [0.2, 0.25) is 0 Å². The largest absolute Gasteiger partial charge is 0.396 e. The average Bonchev–Trinajstić information content (AvgIpc) is 3.11. The number of aromatic nitrogens is 3. The number of hydrogen-bond acceptors (Lipinski definition) is 6. The van der Waals surface area contributed by atoms with Gasteiger partial charge in [0.15, 0.2) is 5.65 Å². The number of aliphatic hydroxyl groups is 2. The number of rotatable bonds is 9. The van der Waals surface area contributed by atoms with Crippen LogP contribution in [0.25, 0.3) is 5.65 Å². The lowest BCUT2D eigenvalue weighted by Crippen LogP contribution is -2.25. The number of nitrogens with one attached hydrogen (secondary N) is 2. The molecule has 3 aromatic rings. The summed E-state index contributed by atoms with van der Waals surface area (Å²) in [6, 6.07) is 11.8. The summed E-state index contributed by atoms with van der Waals surface area (Å²) < 4.78 is 1.81. The molecule has 0 bridgehead atoms. The second-order valence-electron chi connectivity index (χ2n) is 6.89. The summed E-state index contributed by atoms with van der Waals surface area (Å²) in [6.45, 7) is 4.81. The molecular weight excluding hydrogens is 342 g/mol. The Bertz CT molecular complexity index is 863. The second-order valence-corrected chi connectivity index (χ2v) is 6.89. The zero-order valence-corrected chi connectivity index (χ0v) is 15.8. The molecule has 7 nitrogen and oxygen atoms in total. The second kappa shape index (κ2) is 8.83. The molecule has 144 valence electrons. The fraction of sp³-hybridized carbons (Fsp3) is 0.400. The van der Waals surface area contributed by atoms with Gasteiger partial charge in [0, 0.05) is 24.8 Å². The van der Waals surface area contributed by atoms with Gasteiger partial charge in [0.25, 0.3) is 0 Å². The summed E-state index contributed by atoms with van der Waals surface area (Å²) in [7, 11) is 0. The molecule has 0 fully saturated rings. The van der Waals surface area contributed by atoms with Crippen molar-refractivity contribution in [2.45, 2.75) is 38.8 Å². The highest BCUT2D eigenvalue weighted by molar-refractivity contribution is 5.61.